The summed E-state index contributed by atoms with van der Waals surface area (Å²) in [7, 11) is 0. The van der Waals surface area contributed by atoms with Gasteiger partial charge in [-0.1, -0.05) is 0 Å². The van der Waals surface area contributed by atoms with E-state index >= 15 is 0 Å². The minimum Gasteiger partial charge on any atom is -0.475 e. The van der Waals surface area contributed by atoms with Crippen molar-refractivity contribution in [2.45, 2.75) is 23.7 Å². The van der Waals surface area contributed by atoms with Crippen LogP contribution in [0.15, 0.2) is 37.1 Å². The number of hydrogen-bond donors (Lipinski definition) is 3. The summed E-state index contributed by atoms with van der Waals surface area (Å²) in [5.74, 6) is 0.774. The second-order valence-electron chi connectivity index (χ2n) is 4.87. The van der Waals surface area contributed by atoms with E-state index in [9.17, 15) is 15.3 Å². The predicted octanol–water partition coefficient (Wildman–Crippen LogP) is 0.0730. The van der Waals surface area contributed by atoms with Crippen molar-refractivity contribution in [1.82, 2.24) is 15.0 Å². The molecule has 0 aromatic carbocycles. The summed E-state index contributed by atoms with van der Waals surface area (Å²) in [6, 6.07) is 3.49. The van der Waals surface area contributed by atoms with Crippen LogP contribution in [0.4, 0.5) is 0 Å². The van der Waals surface area contributed by atoms with E-state index in [4.69, 9.17) is 4.74 Å². The third-order valence-electron chi connectivity index (χ3n) is 3.30. The Morgan fingerprint density at radius 1 is 1.05 bits per heavy atom. The molecule has 0 radical (unpaired) electrons. The molecule has 0 aliphatic carbocycles. The normalized spacial score (nSPS) is 28.3. The van der Waals surface area contributed by atoms with Crippen molar-refractivity contribution in [3.8, 4) is 17.0 Å². The summed E-state index contributed by atoms with van der Waals surface area (Å²) in [5.41, 5.74) is 0.853. The molecule has 0 bridgehead atoms. The molecular formula is C14H15N3O4S. The van der Waals surface area contributed by atoms with Gasteiger partial charge in [0.1, 0.15) is 24.3 Å². The molecule has 3 heterocycles. The zero-order valence-electron chi connectivity index (χ0n) is 11.5. The summed E-state index contributed by atoms with van der Waals surface area (Å²) in [6.45, 7) is 0. The van der Waals surface area contributed by atoms with Gasteiger partial charge < -0.3 is 20.1 Å². The molecule has 7 nitrogen and oxygen atoms in total. The quantitative estimate of drug-likeness (QED) is 0.729. The lowest BCUT2D eigenvalue weighted by atomic mass is 10.1. The third-order valence-corrected chi connectivity index (χ3v) is 4.54. The number of thioether (sulfide) groups is 1. The van der Waals surface area contributed by atoms with Crippen molar-refractivity contribution < 1.29 is 20.1 Å². The Morgan fingerprint density at radius 3 is 2.50 bits per heavy atom. The molecule has 3 rings (SSSR count). The van der Waals surface area contributed by atoms with Crippen molar-refractivity contribution in [3.63, 3.8) is 0 Å². The minimum absolute atomic E-state index is 0.301. The topological polar surface area (TPSA) is 109 Å². The van der Waals surface area contributed by atoms with Gasteiger partial charge in [0.15, 0.2) is 5.44 Å². The van der Waals surface area contributed by atoms with E-state index in [0.717, 1.165) is 5.56 Å². The zero-order chi connectivity index (χ0) is 15.5. The molecule has 116 valence electrons. The maximum atomic E-state index is 9.91. The van der Waals surface area contributed by atoms with Gasteiger partial charge in [0.05, 0.1) is 18.0 Å². The first-order valence-electron chi connectivity index (χ1n) is 6.69. The van der Waals surface area contributed by atoms with E-state index in [0.29, 0.717) is 17.2 Å². The van der Waals surface area contributed by atoms with Crippen LogP contribution >= 0.6 is 11.8 Å². The molecule has 4 atom stereocenters. The average Bonchev–Trinajstić information content (AvgIpc) is 2.57. The maximum absolute atomic E-state index is 9.91. The molecule has 8 heteroatoms. The Kier molecular flexibility index (Phi) is 4.53. The molecule has 2 aromatic heterocycles. The Morgan fingerprint density at radius 2 is 1.82 bits per heavy atom. The largest absolute Gasteiger partial charge is 0.475 e. The van der Waals surface area contributed by atoms with Crippen molar-refractivity contribution in [2.75, 3.05) is 5.75 Å². The van der Waals surface area contributed by atoms with Crippen LogP contribution in [-0.4, -0.2) is 59.8 Å². The standard InChI is InChI=1S/C14H15N3O4S/c18-11-6-22-14(13(20)12(11)19)21-9-1-2-10(17-5-9)8-3-15-7-16-4-8/h1-5,7,11-14,18-20H,6H2/t11-,12+,13-,14+/m1/s1. The van der Waals surface area contributed by atoms with Gasteiger partial charge in [-0.05, 0) is 12.1 Å². The molecule has 0 spiro atoms. The highest BCUT2D eigenvalue weighted by Gasteiger charge is 2.38. The molecule has 1 aliphatic heterocycles. The van der Waals surface area contributed by atoms with Crippen molar-refractivity contribution in [2.24, 2.45) is 0 Å². The number of nitrogens with zero attached hydrogens (tertiary/aromatic N) is 3. The van der Waals surface area contributed by atoms with Crippen LogP contribution in [0, 0.1) is 0 Å². The fourth-order valence-electron chi connectivity index (χ4n) is 2.07. The highest BCUT2D eigenvalue weighted by molar-refractivity contribution is 7.99. The monoisotopic (exact) mass is 321 g/mol. The SMILES string of the molecule is O[C@@H]1[C@@H](O)[C@@H](Oc2ccc(-c3cncnc3)nc2)SC[C@H]1O. The number of ether oxygens (including phenoxy) is 1. The van der Waals surface area contributed by atoms with Gasteiger partial charge in [0.2, 0.25) is 0 Å². The lowest BCUT2D eigenvalue weighted by Gasteiger charge is -2.34. The Labute approximate surface area is 131 Å². The van der Waals surface area contributed by atoms with Gasteiger partial charge in [-0.25, -0.2) is 9.97 Å². The van der Waals surface area contributed by atoms with Crippen LogP contribution in [0.3, 0.4) is 0 Å². The molecule has 0 amide bonds. The van der Waals surface area contributed by atoms with Crippen molar-refractivity contribution in [3.05, 3.63) is 37.1 Å². The number of pyridine rings is 1. The smallest absolute Gasteiger partial charge is 0.173 e. The van der Waals surface area contributed by atoms with E-state index in [1.54, 1.807) is 24.5 Å². The second kappa shape index (κ2) is 6.57. The van der Waals surface area contributed by atoms with Gasteiger partial charge in [-0.15, -0.1) is 11.8 Å². The Hall–Kier alpha value is -1.74. The first-order chi connectivity index (χ1) is 10.6. The first-order valence-corrected chi connectivity index (χ1v) is 7.74. The fraction of sp³-hybridized carbons (Fsp3) is 0.357. The number of hydrogen-bond acceptors (Lipinski definition) is 8. The lowest BCUT2D eigenvalue weighted by molar-refractivity contribution is -0.0786. The lowest BCUT2D eigenvalue weighted by Crippen LogP contribution is -2.50. The molecule has 1 aliphatic rings. The van der Waals surface area contributed by atoms with Gasteiger partial charge in [0, 0.05) is 23.7 Å². The van der Waals surface area contributed by atoms with Crippen molar-refractivity contribution >= 4 is 11.8 Å². The highest BCUT2D eigenvalue weighted by atomic mass is 32.2. The first kappa shape index (κ1) is 15.2. The summed E-state index contributed by atoms with van der Waals surface area (Å²) >= 11 is 1.25. The van der Waals surface area contributed by atoms with E-state index in [-0.39, 0.29) is 0 Å². The van der Waals surface area contributed by atoms with E-state index < -0.39 is 23.7 Å². The fourth-order valence-corrected chi connectivity index (χ4v) is 3.19. The summed E-state index contributed by atoms with van der Waals surface area (Å²) in [5, 5.41) is 29.1. The molecule has 1 fully saturated rings. The van der Waals surface area contributed by atoms with Gasteiger partial charge in [-0.2, -0.15) is 0 Å². The van der Waals surface area contributed by atoms with Crippen LogP contribution in [0.25, 0.3) is 11.3 Å². The Bertz CT molecular complexity index is 613. The molecule has 22 heavy (non-hydrogen) atoms. The highest BCUT2D eigenvalue weighted by Crippen LogP contribution is 2.29. The number of aliphatic hydroxyl groups excluding tert-OH is 3. The molecule has 3 N–H and O–H groups in total. The van der Waals surface area contributed by atoms with E-state index in [1.165, 1.54) is 24.3 Å². The van der Waals surface area contributed by atoms with Crippen LogP contribution < -0.4 is 4.74 Å². The van der Waals surface area contributed by atoms with Crippen LogP contribution in [0.1, 0.15) is 0 Å². The molecule has 2 aromatic rings. The summed E-state index contributed by atoms with van der Waals surface area (Å²) in [4.78, 5) is 12.1. The van der Waals surface area contributed by atoms with E-state index in [1.807, 2.05) is 0 Å². The second-order valence-corrected chi connectivity index (χ2v) is 6.01. The van der Waals surface area contributed by atoms with Crippen LogP contribution in [0.2, 0.25) is 0 Å². The summed E-state index contributed by atoms with van der Waals surface area (Å²) in [6.07, 6.45) is 2.99. The zero-order valence-corrected chi connectivity index (χ0v) is 12.3. The van der Waals surface area contributed by atoms with Gasteiger partial charge in [-0.3, -0.25) is 4.98 Å². The molecular weight excluding hydrogens is 306 g/mol. The Balaban J connectivity index is 1.69. The number of rotatable bonds is 3. The van der Waals surface area contributed by atoms with E-state index in [2.05, 4.69) is 15.0 Å². The van der Waals surface area contributed by atoms with Crippen molar-refractivity contribution in [1.29, 1.82) is 0 Å². The maximum Gasteiger partial charge on any atom is 0.173 e. The minimum atomic E-state index is -1.21. The summed E-state index contributed by atoms with van der Waals surface area (Å²) < 4.78 is 5.63. The van der Waals surface area contributed by atoms with Crippen LogP contribution in [0.5, 0.6) is 5.75 Å². The molecule has 0 unspecified atom stereocenters. The van der Waals surface area contributed by atoms with Gasteiger partial charge in [0.25, 0.3) is 0 Å². The van der Waals surface area contributed by atoms with Gasteiger partial charge >= 0.3 is 0 Å². The number of aromatic nitrogens is 3. The third kappa shape index (κ3) is 3.20. The average molecular weight is 321 g/mol. The molecule has 0 saturated carbocycles. The molecule has 1 saturated heterocycles. The van der Waals surface area contributed by atoms with Crippen LogP contribution in [-0.2, 0) is 0 Å². The predicted molar refractivity (Wildman–Crippen MR) is 80.2 cm³/mol. The number of aliphatic hydroxyl groups is 3.